The highest BCUT2D eigenvalue weighted by molar-refractivity contribution is 5.72. The summed E-state index contributed by atoms with van der Waals surface area (Å²) in [5.74, 6) is -0.259. The third-order valence-corrected chi connectivity index (χ3v) is 4.35. The fraction of sp³-hybridized carbons (Fsp3) is 0.368. The molecule has 0 radical (unpaired) electrons. The molecule has 2 aromatic rings. The molecule has 1 amide bonds. The molecule has 1 aromatic heterocycles. The molecule has 1 aliphatic rings. The van der Waals surface area contributed by atoms with Crippen LogP contribution >= 0.6 is 0 Å². The van der Waals surface area contributed by atoms with E-state index < -0.39 is 0 Å². The average Bonchev–Trinajstić information content (AvgIpc) is 3.03. The van der Waals surface area contributed by atoms with Gasteiger partial charge in [0.05, 0.1) is 24.0 Å². The van der Waals surface area contributed by atoms with Gasteiger partial charge < -0.3 is 5.32 Å². The van der Waals surface area contributed by atoms with Crippen LogP contribution in [0.15, 0.2) is 42.5 Å². The first-order chi connectivity index (χ1) is 11.6. The van der Waals surface area contributed by atoms with Gasteiger partial charge >= 0.3 is 0 Å². The Hall–Kier alpha value is -2.27. The quantitative estimate of drug-likeness (QED) is 0.917. The number of carbonyl (C=O) groups excluding carboxylic acids is 1. The van der Waals surface area contributed by atoms with Crippen molar-refractivity contribution in [1.82, 2.24) is 15.2 Å². The van der Waals surface area contributed by atoms with Crippen LogP contribution < -0.4 is 5.32 Å². The van der Waals surface area contributed by atoms with Crippen LogP contribution in [0.5, 0.6) is 0 Å². The van der Waals surface area contributed by atoms with Crippen LogP contribution in [-0.4, -0.2) is 22.3 Å². The summed E-state index contributed by atoms with van der Waals surface area (Å²) in [5, 5.41) is 2.79. The number of benzene rings is 1. The highest BCUT2D eigenvalue weighted by atomic mass is 19.1. The van der Waals surface area contributed by atoms with E-state index in [4.69, 9.17) is 4.98 Å². The van der Waals surface area contributed by atoms with E-state index in [0.717, 1.165) is 42.9 Å². The van der Waals surface area contributed by atoms with Gasteiger partial charge in [0.25, 0.3) is 0 Å². The molecule has 1 aromatic carbocycles. The lowest BCUT2D eigenvalue weighted by Gasteiger charge is -2.24. The smallest absolute Gasteiger partial charge is 0.217 e. The van der Waals surface area contributed by atoms with Gasteiger partial charge in [-0.25, -0.2) is 4.39 Å². The average molecular weight is 327 g/mol. The number of rotatable bonds is 5. The van der Waals surface area contributed by atoms with Crippen LogP contribution in [0.4, 0.5) is 4.39 Å². The molecule has 1 N–H and O–H groups in total. The predicted octanol–water partition coefficient (Wildman–Crippen LogP) is 3.19. The van der Waals surface area contributed by atoms with Crippen LogP contribution in [0.2, 0.25) is 0 Å². The first-order valence-electron chi connectivity index (χ1n) is 8.30. The molecule has 126 valence electrons. The monoisotopic (exact) mass is 327 g/mol. The summed E-state index contributed by atoms with van der Waals surface area (Å²) in [7, 11) is 0. The third-order valence-electron chi connectivity index (χ3n) is 4.35. The molecular weight excluding hydrogens is 305 g/mol. The zero-order valence-corrected chi connectivity index (χ0v) is 13.8. The predicted molar refractivity (Wildman–Crippen MR) is 90.5 cm³/mol. The molecule has 1 fully saturated rings. The van der Waals surface area contributed by atoms with Crippen molar-refractivity contribution in [2.24, 2.45) is 0 Å². The van der Waals surface area contributed by atoms with E-state index in [1.165, 1.54) is 19.1 Å². The summed E-state index contributed by atoms with van der Waals surface area (Å²) in [4.78, 5) is 18.2. The first-order valence-corrected chi connectivity index (χ1v) is 8.30. The number of amides is 1. The van der Waals surface area contributed by atoms with E-state index in [9.17, 15) is 9.18 Å². The molecule has 0 bridgehead atoms. The fourth-order valence-corrected chi connectivity index (χ4v) is 3.17. The van der Waals surface area contributed by atoms with Crippen molar-refractivity contribution in [1.29, 1.82) is 0 Å². The molecular formula is C19H22FN3O. The number of nitrogens with zero attached hydrogens (tertiary/aromatic N) is 2. The third kappa shape index (κ3) is 4.17. The first kappa shape index (κ1) is 16.6. The van der Waals surface area contributed by atoms with E-state index >= 15 is 0 Å². The number of halogens is 1. The van der Waals surface area contributed by atoms with Crippen LogP contribution in [0.1, 0.15) is 42.8 Å². The van der Waals surface area contributed by atoms with Gasteiger partial charge in [0, 0.05) is 13.5 Å². The number of hydrogen-bond donors (Lipinski definition) is 1. The highest BCUT2D eigenvalue weighted by Gasteiger charge is 2.27. The summed E-state index contributed by atoms with van der Waals surface area (Å²) in [6.45, 7) is 3.77. The molecule has 0 unspecified atom stereocenters. The normalized spacial score (nSPS) is 17.8. The van der Waals surface area contributed by atoms with E-state index in [-0.39, 0.29) is 17.8 Å². The Kier molecular flexibility index (Phi) is 5.20. The Morgan fingerprint density at radius 3 is 2.83 bits per heavy atom. The zero-order valence-electron chi connectivity index (χ0n) is 13.8. The molecule has 3 rings (SSSR count). The van der Waals surface area contributed by atoms with Gasteiger partial charge in [-0.3, -0.25) is 14.7 Å². The highest BCUT2D eigenvalue weighted by Crippen LogP contribution is 2.32. The van der Waals surface area contributed by atoms with Crippen molar-refractivity contribution >= 4 is 5.91 Å². The summed E-state index contributed by atoms with van der Waals surface area (Å²) >= 11 is 0. The Bertz CT molecular complexity index is 702. The molecule has 24 heavy (non-hydrogen) atoms. The van der Waals surface area contributed by atoms with Gasteiger partial charge in [-0.05, 0) is 49.2 Å². The van der Waals surface area contributed by atoms with Crippen LogP contribution in [0, 0.1) is 5.82 Å². The molecule has 4 nitrogen and oxygen atoms in total. The minimum Gasteiger partial charge on any atom is -0.351 e. The Morgan fingerprint density at radius 2 is 2.08 bits per heavy atom. The largest absolute Gasteiger partial charge is 0.351 e. The van der Waals surface area contributed by atoms with Gasteiger partial charge in [0.2, 0.25) is 5.91 Å². The molecule has 1 atom stereocenters. The maximum Gasteiger partial charge on any atom is 0.217 e. The summed E-state index contributed by atoms with van der Waals surface area (Å²) < 4.78 is 13.1. The van der Waals surface area contributed by atoms with Gasteiger partial charge in [0.1, 0.15) is 5.82 Å². The SMILES string of the molecule is CC(=O)NCc1cccc([C@H]2CCCN2Cc2ccc(F)cc2)n1. The van der Waals surface area contributed by atoms with Gasteiger partial charge in [-0.1, -0.05) is 18.2 Å². The maximum absolute atomic E-state index is 13.1. The minimum atomic E-state index is -0.205. The van der Waals surface area contributed by atoms with Crippen molar-refractivity contribution in [2.75, 3.05) is 6.54 Å². The van der Waals surface area contributed by atoms with E-state index in [0.29, 0.717) is 6.54 Å². The van der Waals surface area contributed by atoms with E-state index in [2.05, 4.69) is 10.2 Å². The second-order valence-corrected chi connectivity index (χ2v) is 6.22. The zero-order chi connectivity index (χ0) is 16.9. The van der Waals surface area contributed by atoms with Crippen molar-refractivity contribution in [3.63, 3.8) is 0 Å². The van der Waals surface area contributed by atoms with Crippen molar-refractivity contribution in [3.05, 3.63) is 65.2 Å². The number of nitrogens with one attached hydrogen (secondary N) is 1. The second-order valence-electron chi connectivity index (χ2n) is 6.22. The molecule has 0 saturated carbocycles. The second kappa shape index (κ2) is 7.53. The van der Waals surface area contributed by atoms with Gasteiger partial charge in [-0.2, -0.15) is 0 Å². The van der Waals surface area contributed by atoms with Crippen molar-refractivity contribution in [2.45, 2.75) is 38.9 Å². The summed E-state index contributed by atoms with van der Waals surface area (Å²) in [6.07, 6.45) is 2.20. The van der Waals surface area contributed by atoms with Crippen molar-refractivity contribution < 1.29 is 9.18 Å². The Morgan fingerprint density at radius 1 is 1.29 bits per heavy atom. The van der Waals surface area contributed by atoms with E-state index in [1.807, 2.05) is 30.3 Å². The Labute approximate surface area is 141 Å². The number of hydrogen-bond acceptors (Lipinski definition) is 3. The molecule has 5 heteroatoms. The van der Waals surface area contributed by atoms with Crippen LogP contribution in [0.3, 0.4) is 0 Å². The summed E-state index contributed by atoms with van der Waals surface area (Å²) in [6, 6.07) is 12.9. The standard InChI is InChI=1S/C19H22FN3O/c1-14(24)21-12-17-4-2-5-18(22-17)19-6-3-11-23(19)13-15-7-9-16(20)10-8-15/h2,4-5,7-10,19H,3,6,11-13H2,1H3,(H,21,24)/t19-/m1/s1. The fourth-order valence-electron chi connectivity index (χ4n) is 3.17. The topological polar surface area (TPSA) is 45.2 Å². The van der Waals surface area contributed by atoms with E-state index in [1.54, 1.807) is 0 Å². The molecule has 1 saturated heterocycles. The molecule has 0 aliphatic carbocycles. The number of aromatic nitrogens is 1. The van der Waals surface area contributed by atoms with Crippen LogP contribution in [0.25, 0.3) is 0 Å². The molecule has 1 aliphatic heterocycles. The summed E-state index contributed by atoms with van der Waals surface area (Å²) in [5.41, 5.74) is 3.02. The van der Waals surface area contributed by atoms with Gasteiger partial charge in [-0.15, -0.1) is 0 Å². The number of pyridine rings is 1. The maximum atomic E-state index is 13.1. The van der Waals surface area contributed by atoms with Gasteiger partial charge in [0.15, 0.2) is 0 Å². The van der Waals surface area contributed by atoms with Crippen molar-refractivity contribution in [3.8, 4) is 0 Å². The molecule has 0 spiro atoms. The lowest BCUT2D eigenvalue weighted by atomic mass is 10.1. The molecule has 2 heterocycles. The minimum absolute atomic E-state index is 0.0546. The van der Waals surface area contributed by atoms with Crippen LogP contribution in [-0.2, 0) is 17.9 Å². The number of carbonyl (C=O) groups is 1. The lowest BCUT2D eigenvalue weighted by molar-refractivity contribution is -0.119. The lowest BCUT2D eigenvalue weighted by Crippen LogP contribution is -2.24. The Balaban J connectivity index is 1.71. The number of likely N-dealkylation sites (tertiary alicyclic amines) is 1.